The van der Waals surface area contributed by atoms with Gasteiger partial charge < -0.3 is 15.4 Å². The Hall–Kier alpha value is -2.49. The first-order valence-electron chi connectivity index (χ1n) is 7.51. The number of carbonyl (C=O) groups excluding carboxylic acids is 1. The zero-order valence-electron chi connectivity index (χ0n) is 13.1. The van der Waals surface area contributed by atoms with Gasteiger partial charge in [-0.3, -0.25) is 0 Å². The molecule has 0 radical (unpaired) electrons. The van der Waals surface area contributed by atoms with Gasteiger partial charge in [-0.25, -0.2) is 4.79 Å². The van der Waals surface area contributed by atoms with Gasteiger partial charge in [0.2, 0.25) is 0 Å². The third-order valence-corrected chi connectivity index (χ3v) is 3.36. The molecule has 4 heteroatoms. The molecule has 0 saturated heterocycles. The molecule has 0 atom stereocenters. The van der Waals surface area contributed by atoms with Crippen LogP contribution in [0.5, 0.6) is 5.75 Å². The number of anilines is 1. The maximum atomic E-state index is 11.8. The minimum absolute atomic E-state index is 0.197. The fraction of sp³-hybridized carbons (Fsp3) is 0.278. The number of hydrogen-bond acceptors (Lipinski definition) is 2. The minimum atomic E-state index is -0.197. The molecular formula is C18H22N2O2. The lowest BCUT2D eigenvalue weighted by molar-refractivity contribution is 0.252. The fourth-order valence-electron chi connectivity index (χ4n) is 2.18. The molecule has 22 heavy (non-hydrogen) atoms. The molecule has 2 aromatic carbocycles. The smallest absolute Gasteiger partial charge is 0.319 e. The number of urea groups is 1. The molecule has 0 aliphatic carbocycles. The van der Waals surface area contributed by atoms with Gasteiger partial charge in [0.15, 0.2) is 0 Å². The second kappa shape index (κ2) is 8.08. The number of aryl methyl sites for hydroxylation is 1. The van der Waals surface area contributed by atoms with E-state index in [9.17, 15) is 4.79 Å². The molecular weight excluding hydrogens is 276 g/mol. The third kappa shape index (κ3) is 4.81. The zero-order chi connectivity index (χ0) is 15.8. The van der Waals surface area contributed by atoms with E-state index >= 15 is 0 Å². The number of carbonyl (C=O) groups is 1. The van der Waals surface area contributed by atoms with E-state index in [1.807, 2.05) is 43.3 Å². The Balaban J connectivity index is 1.77. The molecule has 4 nitrogen and oxygen atoms in total. The van der Waals surface area contributed by atoms with Gasteiger partial charge in [0.05, 0.1) is 6.61 Å². The Kier molecular flexibility index (Phi) is 5.83. The van der Waals surface area contributed by atoms with Gasteiger partial charge in [-0.2, -0.15) is 0 Å². The topological polar surface area (TPSA) is 50.4 Å². The van der Waals surface area contributed by atoms with E-state index in [-0.39, 0.29) is 6.03 Å². The van der Waals surface area contributed by atoms with E-state index in [2.05, 4.69) is 29.7 Å². The molecule has 0 bridgehead atoms. The quantitative estimate of drug-likeness (QED) is 0.853. The van der Waals surface area contributed by atoms with Gasteiger partial charge in [0.1, 0.15) is 5.75 Å². The maximum absolute atomic E-state index is 11.8. The maximum Gasteiger partial charge on any atom is 0.319 e. The summed E-state index contributed by atoms with van der Waals surface area (Å²) in [5.74, 6) is 0.799. The van der Waals surface area contributed by atoms with Gasteiger partial charge in [0, 0.05) is 12.2 Å². The summed E-state index contributed by atoms with van der Waals surface area (Å²) in [5.41, 5.74) is 3.25. The Morgan fingerprint density at radius 2 is 1.82 bits per heavy atom. The molecule has 0 unspecified atom stereocenters. The Morgan fingerprint density at radius 3 is 2.50 bits per heavy atom. The molecule has 0 spiro atoms. The van der Waals surface area contributed by atoms with Gasteiger partial charge in [0.25, 0.3) is 0 Å². The molecule has 116 valence electrons. The molecule has 2 N–H and O–H groups in total. The number of amides is 2. The zero-order valence-corrected chi connectivity index (χ0v) is 13.1. The third-order valence-electron chi connectivity index (χ3n) is 3.36. The highest BCUT2D eigenvalue weighted by molar-refractivity contribution is 5.89. The average molecular weight is 298 g/mol. The number of hydrogen-bond donors (Lipinski definition) is 2. The predicted molar refractivity (Wildman–Crippen MR) is 89.5 cm³/mol. The first kappa shape index (κ1) is 15.9. The average Bonchev–Trinajstić information content (AvgIpc) is 2.51. The number of nitrogens with one attached hydrogen (secondary N) is 2. The summed E-state index contributed by atoms with van der Waals surface area (Å²) in [6, 6.07) is 15.3. The molecule has 2 amide bonds. The lowest BCUT2D eigenvalue weighted by Gasteiger charge is -2.09. The van der Waals surface area contributed by atoms with Crippen molar-refractivity contribution in [3.8, 4) is 5.75 Å². The van der Waals surface area contributed by atoms with Crippen molar-refractivity contribution in [2.75, 3.05) is 18.5 Å². The van der Waals surface area contributed by atoms with E-state index in [4.69, 9.17) is 4.74 Å². The summed E-state index contributed by atoms with van der Waals surface area (Å²) in [4.78, 5) is 11.8. The van der Waals surface area contributed by atoms with Crippen LogP contribution in [0.1, 0.15) is 18.1 Å². The summed E-state index contributed by atoms with van der Waals surface area (Å²) >= 11 is 0. The molecule has 0 heterocycles. The van der Waals surface area contributed by atoms with Crippen molar-refractivity contribution in [1.29, 1.82) is 0 Å². The van der Waals surface area contributed by atoms with E-state index in [0.717, 1.165) is 17.9 Å². The predicted octanol–water partition coefficient (Wildman–Crippen LogP) is 3.76. The second-order valence-corrected chi connectivity index (χ2v) is 5.01. The number of benzene rings is 2. The highest BCUT2D eigenvalue weighted by Gasteiger charge is 2.02. The van der Waals surface area contributed by atoms with Crippen LogP contribution in [0.2, 0.25) is 0 Å². The molecule has 0 aliphatic rings. The highest BCUT2D eigenvalue weighted by atomic mass is 16.5. The summed E-state index contributed by atoms with van der Waals surface area (Å²) in [7, 11) is 0. The molecule has 0 aromatic heterocycles. The van der Waals surface area contributed by atoms with Gasteiger partial charge in [-0.15, -0.1) is 0 Å². The molecule has 2 aromatic rings. The van der Waals surface area contributed by atoms with Crippen molar-refractivity contribution in [3.05, 3.63) is 59.7 Å². The van der Waals surface area contributed by atoms with E-state index in [0.29, 0.717) is 13.2 Å². The molecule has 0 saturated carbocycles. The standard InChI is InChI=1S/C18H22N2O2/c1-3-22-17-10-8-16(9-11-17)20-18(21)19-13-12-15-7-5-4-6-14(15)2/h4-11H,3,12-13H2,1-2H3,(H2,19,20,21). The van der Waals surface area contributed by atoms with Crippen LogP contribution in [0.4, 0.5) is 10.5 Å². The molecule has 0 fully saturated rings. The van der Waals surface area contributed by atoms with E-state index < -0.39 is 0 Å². The first-order valence-corrected chi connectivity index (χ1v) is 7.51. The number of ether oxygens (including phenoxy) is 1. The van der Waals surface area contributed by atoms with Crippen molar-refractivity contribution in [2.24, 2.45) is 0 Å². The summed E-state index contributed by atoms with van der Waals surface area (Å²) < 4.78 is 5.36. The molecule has 0 aliphatic heterocycles. The summed E-state index contributed by atoms with van der Waals surface area (Å²) in [6.07, 6.45) is 0.823. The minimum Gasteiger partial charge on any atom is -0.494 e. The van der Waals surface area contributed by atoms with Crippen molar-refractivity contribution in [1.82, 2.24) is 5.32 Å². The van der Waals surface area contributed by atoms with Gasteiger partial charge in [-0.1, -0.05) is 24.3 Å². The summed E-state index contributed by atoms with van der Waals surface area (Å²) in [5, 5.41) is 5.67. The highest BCUT2D eigenvalue weighted by Crippen LogP contribution is 2.15. The lowest BCUT2D eigenvalue weighted by Crippen LogP contribution is -2.30. The number of rotatable bonds is 6. The van der Waals surface area contributed by atoms with Crippen molar-refractivity contribution in [3.63, 3.8) is 0 Å². The van der Waals surface area contributed by atoms with Gasteiger partial charge in [-0.05, 0) is 55.7 Å². The van der Waals surface area contributed by atoms with Crippen molar-refractivity contribution < 1.29 is 9.53 Å². The molecule has 2 rings (SSSR count). The first-order chi connectivity index (χ1) is 10.7. The second-order valence-electron chi connectivity index (χ2n) is 5.01. The largest absolute Gasteiger partial charge is 0.494 e. The Bertz CT molecular complexity index is 609. The monoisotopic (exact) mass is 298 g/mol. The van der Waals surface area contributed by atoms with E-state index in [1.165, 1.54) is 11.1 Å². The van der Waals surface area contributed by atoms with E-state index in [1.54, 1.807) is 0 Å². The van der Waals surface area contributed by atoms with Crippen LogP contribution in [0.3, 0.4) is 0 Å². The Morgan fingerprint density at radius 1 is 1.09 bits per heavy atom. The van der Waals surface area contributed by atoms with Gasteiger partial charge >= 0.3 is 6.03 Å². The fourth-order valence-corrected chi connectivity index (χ4v) is 2.18. The van der Waals surface area contributed by atoms with Crippen LogP contribution in [0, 0.1) is 6.92 Å². The SMILES string of the molecule is CCOc1ccc(NC(=O)NCCc2ccccc2C)cc1. The van der Waals surface area contributed by atoms with Crippen LogP contribution in [0.15, 0.2) is 48.5 Å². The van der Waals surface area contributed by atoms with Crippen LogP contribution < -0.4 is 15.4 Å². The van der Waals surface area contributed by atoms with Crippen LogP contribution in [0.25, 0.3) is 0 Å². The Labute approximate surface area is 131 Å². The van der Waals surface area contributed by atoms with Crippen LogP contribution in [-0.4, -0.2) is 19.2 Å². The van der Waals surface area contributed by atoms with Crippen LogP contribution in [-0.2, 0) is 6.42 Å². The lowest BCUT2D eigenvalue weighted by atomic mass is 10.1. The van der Waals surface area contributed by atoms with Crippen molar-refractivity contribution >= 4 is 11.7 Å². The van der Waals surface area contributed by atoms with Crippen LogP contribution >= 0.6 is 0 Å². The normalized spacial score (nSPS) is 10.1. The van der Waals surface area contributed by atoms with Crippen molar-refractivity contribution in [2.45, 2.75) is 20.3 Å². The summed E-state index contributed by atoms with van der Waals surface area (Å²) in [6.45, 7) is 5.25.